The van der Waals surface area contributed by atoms with Crippen LogP contribution < -0.4 is 11.5 Å². The number of nitrogen functional groups attached to an aromatic ring is 1. The van der Waals surface area contributed by atoms with Crippen LogP contribution in [0.1, 0.15) is 13.3 Å². The minimum atomic E-state index is -3.96. The summed E-state index contributed by atoms with van der Waals surface area (Å²) < 4.78 is 36.9. The van der Waals surface area contributed by atoms with E-state index in [-0.39, 0.29) is 17.0 Å². The Bertz CT molecular complexity index is 542. The Kier molecular flexibility index (Phi) is 3.72. The Labute approximate surface area is 98.5 Å². The van der Waals surface area contributed by atoms with Gasteiger partial charge in [0.05, 0.1) is 10.6 Å². The highest BCUT2D eigenvalue weighted by Crippen LogP contribution is 2.24. The number of carbonyl (C=O) groups is 1. The van der Waals surface area contributed by atoms with Crippen molar-refractivity contribution in [1.82, 2.24) is 0 Å². The van der Waals surface area contributed by atoms with Gasteiger partial charge in [0, 0.05) is 0 Å². The molecule has 0 saturated carbocycles. The number of amides is 1. The molecule has 0 fully saturated rings. The van der Waals surface area contributed by atoms with Gasteiger partial charge in [-0.2, -0.15) is 0 Å². The van der Waals surface area contributed by atoms with E-state index in [1.807, 2.05) is 0 Å². The van der Waals surface area contributed by atoms with Crippen LogP contribution in [0.2, 0.25) is 0 Å². The molecule has 4 N–H and O–H groups in total. The van der Waals surface area contributed by atoms with Gasteiger partial charge in [0.25, 0.3) is 0 Å². The fourth-order valence-electron chi connectivity index (χ4n) is 1.51. The summed E-state index contributed by atoms with van der Waals surface area (Å²) in [7, 11) is -3.96. The Morgan fingerprint density at radius 2 is 2.06 bits per heavy atom. The molecule has 1 aromatic carbocycles. The van der Waals surface area contributed by atoms with Crippen LogP contribution in [0, 0.1) is 5.82 Å². The van der Waals surface area contributed by atoms with Crippen LogP contribution >= 0.6 is 0 Å². The summed E-state index contributed by atoms with van der Waals surface area (Å²) in [5.74, 6) is -1.59. The Morgan fingerprint density at radius 3 is 2.47 bits per heavy atom. The van der Waals surface area contributed by atoms with E-state index in [9.17, 15) is 17.6 Å². The van der Waals surface area contributed by atoms with Gasteiger partial charge in [-0.05, 0) is 24.6 Å². The lowest BCUT2D eigenvalue weighted by atomic mass is 10.3. The number of sulfone groups is 1. The third-order valence-electron chi connectivity index (χ3n) is 2.34. The standard InChI is InChI=1S/C10H13FN2O3S/c1-2-8(10(13)14)17(15,16)9-4-3-6(11)5-7(9)12/h3-5,8H,2,12H2,1H3,(H2,13,14). The molecule has 1 rings (SSSR count). The number of halogens is 1. The monoisotopic (exact) mass is 260 g/mol. The van der Waals surface area contributed by atoms with Crippen LogP contribution in [0.15, 0.2) is 23.1 Å². The van der Waals surface area contributed by atoms with Gasteiger partial charge in [0.1, 0.15) is 11.1 Å². The quantitative estimate of drug-likeness (QED) is 0.605. The van der Waals surface area contributed by atoms with E-state index in [1.165, 1.54) is 6.92 Å². The third-order valence-corrected chi connectivity index (χ3v) is 4.64. The number of anilines is 1. The lowest BCUT2D eigenvalue weighted by Crippen LogP contribution is -2.35. The first-order valence-electron chi connectivity index (χ1n) is 4.89. The van der Waals surface area contributed by atoms with E-state index in [4.69, 9.17) is 11.5 Å². The second-order valence-electron chi connectivity index (χ2n) is 3.53. The fourth-order valence-corrected chi connectivity index (χ4v) is 3.20. The van der Waals surface area contributed by atoms with E-state index < -0.39 is 26.8 Å². The Hall–Kier alpha value is -1.63. The summed E-state index contributed by atoms with van der Waals surface area (Å²) in [4.78, 5) is 10.8. The molecule has 0 aliphatic heterocycles. The molecule has 17 heavy (non-hydrogen) atoms. The fraction of sp³-hybridized carbons (Fsp3) is 0.300. The largest absolute Gasteiger partial charge is 0.398 e. The molecule has 0 bridgehead atoms. The van der Waals surface area contributed by atoms with E-state index in [1.54, 1.807) is 0 Å². The second-order valence-corrected chi connectivity index (χ2v) is 5.63. The first-order chi connectivity index (χ1) is 7.80. The Morgan fingerprint density at radius 1 is 1.47 bits per heavy atom. The molecule has 0 aromatic heterocycles. The summed E-state index contributed by atoms with van der Waals surface area (Å²) >= 11 is 0. The topological polar surface area (TPSA) is 103 Å². The van der Waals surface area contributed by atoms with Gasteiger partial charge in [0.15, 0.2) is 9.84 Å². The smallest absolute Gasteiger partial charge is 0.236 e. The summed E-state index contributed by atoms with van der Waals surface area (Å²) in [5, 5.41) is -1.35. The van der Waals surface area contributed by atoms with Crippen LogP contribution in [0.4, 0.5) is 10.1 Å². The SMILES string of the molecule is CCC(C(N)=O)S(=O)(=O)c1ccc(F)cc1N. The molecule has 0 aliphatic rings. The zero-order valence-electron chi connectivity index (χ0n) is 9.18. The van der Waals surface area contributed by atoms with Crippen molar-refractivity contribution >= 4 is 21.4 Å². The van der Waals surface area contributed by atoms with Crippen molar-refractivity contribution in [3.63, 3.8) is 0 Å². The van der Waals surface area contributed by atoms with E-state index in [0.29, 0.717) is 0 Å². The predicted molar refractivity (Wildman–Crippen MR) is 61.3 cm³/mol. The van der Waals surface area contributed by atoms with Crippen LogP contribution in [0.25, 0.3) is 0 Å². The predicted octanol–water partition coefficient (Wildman–Crippen LogP) is 0.445. The number of nitrogens with two attached hydrogens (primary N) is 2. The first kappa shape index (κ1) is 13.4. The molecular formula is C10H13FN2O3S. The lowest BCUT2D eigenvalue weighted by Gasteiger charge is -2.13. The molecule has 1 aromatic rings. The lowest BCUT2D eigenvalue weighted by molar-refractivity contribution is -0.117. The molecule has 1 atom stereocenters. The summed E-state index contributed by atoms with van der Waals surface area (Å²) in [6.07, 6.45) is 0.0362. The number of rotatable bonds is 4. The zero-order valence-corrected chi connectivity index (χ0v) is 10.00. The van der Waals surface area contributed by atoms with Crippen molar-refractivity contribution in [2.24, 2.45) is 5.73 Å². The number of hydrogen-bond acceptors (Lipinski definition) is 4. The summed E-state index contributed by atoms with van der Waals surface area (Å²) in [6, 6.07) is 2.89. The van der Waals surface area contributed by atoms with Gasteiger partial charge >= 0.3 is 0 Å². The number of primary amides is 1. The van der Waals surface area contributed by atoms with E-state index in [2.05, 4.69) is 0 Å². The van der Waals surface area contributed by atoms with Crippen LogP contribution in [0.5, 0.6) is 0 Å². The maximum atomic E-state index is 12.8. The molecule has 0 heterocycles. The normalized spacial score (nSPS) is 13.3. The van der Waals surface area contributed by atoms with Gasteiger partial charge in [-0.25, -0.2) is 12.8 Å². The van der Waals surface area contributed by atoms with E-state index >= 15 is 0 Å². The van der Waals surface area contributed by atoms with Crippen molar-refractivity contribution in [3.8, 4) is 0 Å². The maximum absolute atomic E-state index is 12.8. The van der Waals surface area contributed by atoms with Crippen LogP contribution in [0.3, 0.4) is 0 Å². The highest BCUT2D eigenvalue weighted by molar-refractivity contribution is 7.93. The maximum Gasteiger partial charge on any atom is 0.236 e. The van der Waals surface area contributed by atoms with Crippen LogP contribution in [-0.2, 0) is 14.6 Å². The van der Waals surface area contributed by atoms with Crippen molar-refractivity contribution < 1.29 is 17.6 Å². The van der Waals surface area contributed by atoms with Crippen LogP contribution in [-0.4, -0.2) is 19.6 Å². The minimum Gasteiger partial charge on any atom is -0.398 e. The Balaban J connectivity index is 3.35. The highest BCUT2D eigenvalue weighted by Gasteiger charge is 2.32. The van der Waals surface area contributed by atoms with Gasteiger partial charge in [-0.1, -0.05) is 6.92 Å². The molecule has 7 heteroatoms. The number of carbonyl (C=O) groups excluding carboxylic acids is 1. The molecule has 5 nitrogen and oxygen atoms in total. The van der Waals surface area contributed by atoms with Gasteiger partial charge in [0.2, 0.25) is 5.91 Å². The van der Waals surface area contributed by atoms with Crippen molar-refractivity contribution in [2.75, 3.05) is 5.73 Å². The highest BCUT2D eigenvalue weighted by atomic mass is 32.2. The summed E-state index contributed by atoms with van der Waals surface area (Å²) in [5.41, 5.74) is 10.2. The zero-order chi connectivity index (χ0) is 13.2. The van der Waals surface area contributed by atoms with Gasteiger partial charge in [-0.3, -0.25) is 4.79 Å². The van der Waals surface area contributed by atoms with Crippen molar-refractivity contribution in [2.45, 2.75) is 23.5 Å². The average Bonchev–Trinajstić information content (AvgIpc) is 2.16. The summed E-state index contributed by atoms with van der Waals surface area (Å²) in [6.45, 7) is 1.52. The third kappa shape index (κ3) is 2.55. The molecular weight excluding hydrogens is 247 g/mol. The average molecular weight is 260 g/mol. The van der Waals surface area contributed by atoms with Gasteiger partial charge < -0.3 is 11.5 Å². The van der Waals surface area contributed by atoms with Crippen molar-refractivity contribution in [3.05, 3.63) is 24.0 Å². The first-order valence-corrected chi connectivity index (χ1v) is 6.43. The molecule has 0 saturated heterocycles. The van der Waals surface area contributed by atoms with E-state index in [0.717, 1.165) is 18.2 Å². The van der Waals surface area contributed by atoms with Crippen molar-refractivity contribution in [1.29, 1.82) is 0 Å². The second kappa shape index (κ2) is 4.70. The number of hydrogen-bond donors (Lipinski definition) is 2. The molecule has 1 unspecified atom stereocenters. The number of benzene rings is 1. The molecule has 94 valence electrons. The molecule has 0 aliphatic carbocycles. The molecule has 0 radical (unpaired) electrons. The van der Waals surface area contributed by atoms with Gasteiger partial charge in [-0.15, -0.1) is 0 Å². The minimum absolute atomic E-state index is 0.0362. The molecule has 1 amide bonds. The molecule has 0 spiro atoms.